The number of amides is 2. The first-order chi connectivity index (χ1) is 15.5. The van der Waals surface area contributed by atoms with Crippen molar-refractivity contribution in [2.45, 2.75) is 44.1 Å². The van der Waals surface area contributed by atoms with Crippen LogP contribution in [0.25, 0.3) is 0 Å². The molecule has 170 valence electrons. The minimum atomic E-state index is -0.906. The Labute approximate surface area is 187 Å². The van der Waals surface area contributed by atoms with Gasteiger partial charge in [-0.25, -0.2) is 4.79 Å². The van der Waals surface area contributed by atoms with Crippen LogP contribution in [0.15, 0.2) is 48.5 Å². The standard InChI is InChI=1S/C24H29N3O5/c28-22(21-13-16-4-1-2-5-18(16)14-25-21)15-26-23(29)17-6-3-7-20(12-17)32-19-8-10-27(11-9-19)24(30)31/h1-7,12,19,21-22,25,28H,8-11,13-15H2,(H,26,29)(H,30,31)/t21-,22+/m0/s1. The minimum Gasteiger partial charge on any atom is -0.490 e. The Morgan fingerprint density at radius 1 is 1.12 bits per heavy atom. The average Bonchev–Trinajstić information content (AvgIpc) is 2.82. The number of hydrogen-bond acceptors (Lipinski definition) is 5. The highest BCUT2D eigenvalue weighted by atomic mass is 16.5. The van der Waals surface area contributed by atoms with E-state index in [-0.39, 0.29) is 24.6 Å². The molecule has 4 rings (SSSR count). The van der Waals surface area contributed by atoms with Crippen molar-refractivity contribution in [3.05, 3.63) is 65.2 Å². The number of nitrogens with one attached hydrogen (secondary N) is 2. The molecule has 0 saturated carbocycles. The van der Waals surface area contributed by atoms with Gasteiger partial charge >= 0.3 is 6.09 Å². The van der Waals surface area contributed by atoms with E-state index in [2.05, 4.69) is 22.8 Å². The van der Waals surface area contributed by atoms with Gasteiger partial charge in [0, 0.05) is 50.6 Å². The van der Waals surface area contributed by atoms with Crippen LogP contribution >= 0.6 is 0 Å². The lowest BCUT2D eigenvalue weighted by Gasteiger charge is -2.30. The average molecular weight is 440 g/mol. The predicted octanol–water partition coefficient (Wildman–Crippen LogP) is 2.01. The molecule has 2 aromatic carbocycles. The molecule has 0 bridgehead atoms. The number of piperidine rings is 1. The zero-order chi connectivity index (χ0) is 22.5. The molecule has 1 fully saturated rings. The predicted molar refractivity (Wildman–Crippen MR) is 119 cm³/mol. The van der Waals surface area contributed by atoms with Crippen LogP contribution in [0, 0.1) is 0 Å². The first-order valence-corrected chi connectivity index (χ1v) is 11.0. The number of hydrogen-bond donors (Lipinski definition) is 4. The maximum Gasteiger partial charge on any atom is 0.407 e. The highest BCUT2D eigenvalue weighted by molar-refractivity contribution is 5.94. The van der Waals surface area contributed by atoms with Gasteiger partial charge in [-0.2, -0.15) is 0 Å². The normalized spacial score (nSPS) is 19.7. The third-order valence-corrected chi connectivity index (χ3v) is 6.16. The number of carbonyl (C=O) groups excluding carboxylic acids is 1. The number of aliphatic hydroxyl groups excluding tert-OH is 1. The number of likely N-dealkylation sites (tertiary alicyclic amines) is 1. The van der Waals surface area contributed by atoms with Crippen molar-refractivity contribution in [2.75, 3.05) is 19.6 Å². The zero-order valence-electron chi connectivity index (χ0n) is 17.9. The second kappa shape index (κ2) is 10.0. The van der Waals surface area contributed by atoms with Crippen molar-refractivity contribution in [3.63, 3.8) is 0 Å². The fraction of sp³-hybridized carbons (Fsp3) is 0.417. The molecule has 32 heavy (non-hydrogen) atoms. The number of nitrogens with zero attached hydrogens (tertiary/aromatic N) is 1. The van der Waals surface area contributed by atoms with E-state index in [9.17, 15) is 14.7 Å². The Kier molecular flexibility index (Phi) is 6.92. The van der Waals surface area contributed by atoms with Crippen LogP contribution in [-0.4, -0.2) is 65.0 Å². The lowest BCUT2D eigenvalue weighted by molar-refractivity contribution is 0.0857. The smallest absolute Gasteiger partial charge is 0.407 e. The molecule has 0 spiro atoms. The summed E-state index contributed by atoms with van der Waals surface area (Å²) < 4.78 is 5.97. The summed E-state index contributed by atoms with van der Waals surface area (Å²) in [4.78, 5) is 25.0. The van der Waals surface area contributed by atoms with Crippen molar-refractivity contribution in [1.82, 2.24) is 15.5 Å². The molecular formula is C24H29N3O5. The fourth-order valence-corrected chi connectivity index (χ4v) is 4.26. The molecule has 2 aliphatic heterocycles. The van der Waals surface area contributed by atoms with E-state index in [1.165, 1.54) is 16.0 Å². The monoisotopic (exact) mass is 439 g/mol. The van der Waals surface area contributed by atoms with Gasteiger partial charge in [0.05, 0.1) is 6.10 Å². The number of benzene rings is 2. The number of fused-ring (bicyclic) bond motifs is 1. The topological polar surface area (TPSA) is 111 Å². The summed E-state index contributed by atoms with van der Waals surface area (Å²) in [6, 6.07) is 15.0. The molecular weight excluding hydrogens is 410 g/mol. The second-order valence-corrected chi connectivity index (χ2v) is 8.35. The Hall–Kier alpha value is -3.10. The highest BCUT2D eigenvalue weighted by Gasteiger charge is 2.25. The zero-order valence-corrected chi connectivity index (χ0v) is 17.9. The van der Waals surface area contributed by atoms with E-state index in [0.717, 1.165) is 6.42 Å². The van der Waals surface area contributed by atoms with E-state index >= 15 is 0 Å². The summed E-state index contributed by atoms with van der Waals surface area (Å²) in [6.45, 7) is 1.74. The van der Waals surface area contributed by atoms with E-state index in [0.29, 0.717) is 43.8 Å². The maximum absolute atomic E-state index is 12.6. The van der Waals surface area contributed by atoms with Gasteiger partial charge in [-0.05, 0) is 35.7 Å². The largest absolute Gasteiger partial charge is 0.490 e. The fourth-order valence-electron chi connectivity index (χ4n) is 4.26. The van der Waals surface area contributed by atoms with E-state index < -0.39 is 12.2 Å². The van der Waals surface area contributed by atoms with Gasteiger partial charge in [0.2, 0.25) is 0 Å². The van der Waals surface area contributed by atoms with Crippen molar-refractivity contribution >= 4 is 12.0 Å². The summed E-state index contributed by atoms with van der Waals surface area (Å²) in [5.41, 5.74) is 2.92. The number of carbonyl (C=O) groups is 2. The number of rotatable bonds is 6. The quantitative estimate of drug-likeness (QED) is 0.548. The summed E-state index contributed by atoms with van der Waals surface area (Å²) in [7, 11) is 0. The second-order valence-electron chi connectivity index (χ2n) is 8.35. The van der Waals surface area contributed by atoms with Gasteiger partial charge in [0.15, 0.2) is 0 Å². The molecule has 8 nitrogen and oxygen atoms in total. The summed E-state index contributed by atoms with van der Waals surface area (Å²) in [6.07, 6.45) is 0.268. The number of carboxylic acid groups (broad SMARTS) is 1. The van der Waals surface area contributed by atoms with Gasteiger partial charge in [0.1, 0.15) is 11.9 Å². The van der Waals surface area contributed by atoms with Crippen LogP contribution in [0.5, 0.6) is 5.75 Å². The Balaban J connectivity index is 1.27. The number of ether oxygens (including phenoxy) is 1. The SMILES string of the molecule is O=C(NC[C@@H](O)[C@@H]1Cc2ccccc2CN1)c1cccc(OC2CCN(C(=O)O)CC2)c1. The van der Waals surface area contributed by atoms with Crippen LogP contribution < -0.4 is 15.4 Å². The van der Waals surface area contributed by atoms with Gasteiger partial charge in [-0.1, -0.05) is 30.3 Å². The van der Waals surface area contributed by atoms with Crippen LogP contribution in [0.3, 0.4) is 0 Å². The molecule has 4 N–H and O–H groups in total. The molecule has 2 aliphatic rings. The maximum atomic E-state index is 12.6. The third kappa shape index (κ3) is 5.38. The van der Waals surface area contributed by atoms with Crippen LogP contribution in [0.4, 0.5) is 4.79 Å². The van der Waals surface area contributed by atoms with Gasteiger partial charge in [0.25, 0.3) is 5.91 Å². The molecule has 0 unspecified atom stereocenters. The molecule has 0 aromatic heterocycles. The van der Waals surface area contributed by atoms with Crippen molar-refractivity contribution < 1.29 is 24.5 Å². The molecule has 0 radical (unpaired) electrons. The molecule has 1 saturated heterocycles. The van der Waals surface area contributed by atoms with Crippen molar-refractivity contribution in [2.24, 2.45) is 0 Å². The van der Waals surface area contributed by atoms with Crippen molar-refractivity contribution in [1.29, 1.82) is 0 Å². The Morgan fingerprint density at radius 3 is 2.62 bits per heavy atom. The molecule has 2 aromatic rings. The third-order valence-electron chi connectivity index (χ3n) is 6.16. The van der Waals surface area contributed by atoms with E-state index in [1.54, 1.807) is 24.3 Å². The molecule has 2 atom stereocenters. The van der Waals surface area contributed by atoms with Crippen LogP contribution in [-0.2, 0) is 13.0 Å². The van der Waals surface area contributed by atoms with Crippen LogP contribution in [0.1, 0.15) is 34.3 Å². The van der Waals surface area contributed by atoms with Gasteiger partial charge in [-0.3, -0.25) is 4.79 Å². The lowest BCUT2D eigenvalue weighted by Crippen LogP contribution is -2.49. The Bertz CT molecular complexity index is 958. The lowest BCUT2D eigenvalue weighted by atomic mass is 9.93. The number of aliphatic hydroxyl groups is 1. The molecule has 2 amide bonds. The summed E-state index contributed by atoms with van der Waals surface area (Å²) >= 11 is 0. The summed E-state index contributed by atoms with van der Waals surface area (Å²) in [5.74, 6) is 0.309. The minimum absolute atomic E-state index is 0.0778. The van der Waals surface area contributed by atoms with Crippen LogP contribution in [0.2, 0.25) is 0 Å². The van der Waals surface area contributed by atoms with E-state index in [1.807, 2.05) is 12.1 Å². The summed E-state index contributed by atoms with van der Waals surface area (Å²) in [5, 5.41) is 25.8. The molecule has 2 heterocycles. The highest BCUT2D eigenvalue weighted by Crippen LogP contribution is 2.21. The van der Waals surface area contributed by atoms with Gasteiger partial charge in [-0.15, -0.1) is 0 Å². The first kappa shape index (κ1) is 22.1. The van der Waals surface area contributed by atoms with Crippen molar-refractivity contribution in [3.8, 4) is 5.75 Å². The molecule has 0 aliphatic carbocycles. The Morgan fingerprint density at radius 2 is 1.88 bits per heavy atom. The molecule has 8 heteroatoms. The van der Waals surface area contributed by atoms with Gasteiger partial charge < -0.3 is 30.5 Å². The van der Waals surface area contributed by atoms with E-state index in [4.69, 9.17) is 9.84 Å². The first-order valence-electron chi connectivity index (χ1n) is 11.0.